The van der Waals surface area contributed by atoms with Crippen molar-refractivity contribution in [3.8, 4) is 0 Å². The molecule has 1 aliphatic heterocycles. The quantitative estimate of drug-likeness (QED) is 0.737. The SMILES string of the molecule is C[C@@H]1NC(=O)O[C@]1(C)c1ccccc1. The molecule has 0 radical (unpaired) electrons. The van der Waals surface area contributed by atoms with Gasteiger partial charge in [-0.05, 0) is 19.4 Å². The second-order valence-electron chi connectivity index (χ2n) is 3.73. The average Bonchev–Trinajstić information content (AvgIpc) is 2.43. The van der Waals surface area contributed by atoms with E-state index in [9.17, 15) is 4.79 Å². The smallest absolute Gasteiger partial charge is 0.408 e. The van der Waals surface area contributed by atoms with E-state index >= 15 is 0 Å². The van der Waals surface area contributed by atoms with Gasteiger partial charge in [-0.2, -0.15) is 0 Å². The molecule has 2 atom stereocenters. The highest BCUT2D eigenvalue weighted by molar-refractivity contribution is 5.71. The van der Waals surface area contributed by atoms with E-state index < -0.39 is 5.60 Å². The second kappa shape index (κ2) is 3.01. The number of ether oxygens (including phenoxy) is 1. The highest BCUT2D eigenvalue weighted by atomic mass is 16.6. The van der Waals surface area contributed by atoms with Crippen molar-refractivity contribution in [2.45, 2.75) is 25.5 Å². The molecule has 1 aromatic rings. The van der Waals surface area contributed by atoms with Gasteiger partial charge in [0, 0.05) is 0 Å². The van der Waals surface area contributed by atoms with Crippen LogP contribution in [0.15, 0.2) is 30.3 Å². The Morgan fingerprint density at radius 3 is 2.50 bits per heavy atom. The molecule has 0 saturated carbocycles. The molecule has 1 saturated heterocycles. The maximum absolute atomic E-state index is 11.1. The second-order valence-corrected chi connectivity index (χ2v) is 3.73. The van der Waals surface area contributed by atoms with Crippen LogP contribution in [0.1, 0.15) is 19.4 Å². The molecule has 74 valence electrons. The van der Waals surface area contributed by atoms with Gasteiger partial charge in [0.05, 0.1) is 6.04 Å². The molecule has 3 nitrogen and oxygen atoms in total. The summed E-state index contributed by atoms with van der Waals surface area (Å²) in [7, 11) is 0. The van der Waals surface area contributed by atoms with Crippen LogP contribution in [-0.2, 0) is 10.3 Å². The molecule has 1 N–H and O–H groups in total. The molecule has 3 heteroatoms. The monoisotopic (exact) mass is 191 g/mol. The van der Waals surface area contributed by atoms with E-state index in [1.165, 1.54) is 0 Å². The summed E-state index contributed by atoms with van der Waals surface area (Å²) >= 11 is 0. The van der Waals surface area contributed by atoms with E-state index in [1.807, 2.05) is 44.2 Å². The fourth-order valence-corrected chi connectivity index (χ4v) is 1.70. The lowest BCUT2D eigenvalue weighted by molar-refractivity contribution is 0.0533. The average molecular weight is 191 g/mol. The molecular formula is C11H13NO2. The highest BCUT2D eigenvalue weighted by Gasteiger charge is 2.43. The van der Waals surface area contributed by atoms with Gasteiger partial charge in [0.1, 0.15) is 0 Å². The minimum absolute atomic E-state index is 0.00241. The molecule has 0 spiro atoms. The molecule has 2 rings (SSSR count). The summed E-state index contributed by atoms with van der Waals surface area (Å²) in [5.41, 5.74) is 0.476. The van der Waals surface area contributed by atoms with Crippen molar-refractivity contribution in [1.29, 1.82) is 0 Å². The fourth-order valence-electron chi connectivity index (χ4n) is 1.70. The Kier molecular flexibility index (Phi) is 1.95. The zero-order chi connectivity index (χ0) is 10.2. The number of rotatable bonds is 1. The molecule has 1 heterocycles. The third-order valence-electron chi connectivity index (χ3n) is 2.81. The summed E-state index contributed by atoms with van der Waals surface area (Å²) in [5, 5.41) is 2.74. The van der Waals surface area contributed by atoms with E-state index in [1.54, 1.807) is 0 Å². The van der Waals surface area contributed by atoms with E-state index in [0.29, 0.717) is 0 Å². The van der Waals surface area contributed by atoms with Crippen molar-refractivity contribution in [2.75, 3.05) is 0 Å². The van der Waals surface area contributed by atoms with Crippen LogP contribution in [0.2, 0.25) is 0 Å². The van der Waals surface area contributed by atoms with E-state index in [4.69, 9.17) is 4.74 Å². The minimum Gasteiger partial charge on any atom is -0.436 e. The Labute approximate surface area is 83.1 Å². The van der Waals surface area contributed by atoms with Crippen molar-refractivity contribution in [3.63, 3.8) is 0 Å². The molecule has 14 heavy (non-hydrogen) atoms. The van der Waals surface area contributed by atoms with Gasteiger partial charge in [-0.1, -0.05) is 30.3 Å². The predicted octanol–water partition coefficient (Wildman–Crippen LogP) is 2.03. The van der Waals surface area contributed by atoms with Crippen molar-refractivity contribution >= 4 is 6.09 Å². The summed E-state index contributed by atoms with van der Waals surface area (Å²) in [6.45, 7) is 3.86. The van der Waals surface area contributed by atoms with Gasteiger partial charge in [0.25, 0.3) is 0 Å². The summed E-state index contributed by atoms with van der Waals surface area (Å²) in [6, 6.07) is 9.77. The van der Waals surface area contributed by atoms with E-state index in [0.717, 1.165) is 5.56 Å². The Hall–Kier alpha value is -1.51. The molecule has 0 bridgehead atoms. The number of carbonyl (C=O) groups is 1. The first-order valence-corrected chi connectivity index (χ1v) is 4.68. The molecule has 0 aromatic heterocycles. The van der Waals surface area contributed by atoms with E-state index in [2.05, 4.69) is 5.32 Å². The number of alkyl carbamates (subject to hydrolysis) is 1. The van der Waals surface area contributed by atoms with Crippen LogP contribution in [0, 0.1) is 0 Å². The molecule has 1 fully saturated rings. The molecule has 1 aromatic carbocycles. The van der Waals surface area contributed by atoms with Crippen molar-refractivity contribution in [3.05, 3.63) is 35.9 Å². The molecule has 0 unspecified atom stereocenters. The van der Waals surface area contributed by atoms with Gasteiger partial charge >= 0.3 is 6.09 Å². The lowest BCUT2D eigenvalue weighted by Crippen LogP contribution is -2.36. The molecule has 1 aliphatic rings. The Morgan fingerprint density at radius 2 is 2.00 bits per heavy atom. The lowest BCUT2D eigenvalue weighted by atomic mass is 9.90. The van der Waals surface area contributed by atoms with Gasteiger partial charge in [0.15, 0.2) is 5.60 Å². The van der Waals surface area contributed by atoms with Crippen LogP contribution >= 0.6 is 0 Å². The zero-order valence-corrected chi connectivity index (χ0v) is 8.28. The number of hydrogen-bond acceptors (Lipinski definition) is 2. The summed E-state index contributed by atoms with van der Waals surface area (Å²) in [6.07, 6.45) is -0.344. The van der Waals surface area contributed by atoms with Crippen molar-refractivity contribution in [2.24, 2.45) is 0 Å². The first-order chi connectivity index (χ1) is 6.63. The maximum atomic E-state index is 11.1. The summed E-state index contributed by atoms with van der Waals surface area (Å²) in [5.74, 6) is 0. The van der Waals surface area contributed by atoms with E-state index in [-0.39, 0.29) is 12.1 Å². The Bertz CT molecular complexity index is 350. The highest BCUT2D eigenvalue weighted by Crippen LogP contribution is 2.32. The molecular weight excluding hydrogens is 178 g/mol. The van der Waals surface area contributed by atoms with Gasteiger partial charge in [0.2, 0.25) is 0 Å². The predicted molar refractivity (Wildman–Crippen MR) is 52.9 cm³/mol. The standard InChI is InChI=1S/C11H13NO2/c1-8-11(2,14-10(13)12-8)9-6-4-3-5-7-9/h3-8H,1-2H3,(H,12,13)/t8-,11-/m0/s1. The van der Waals surface area contributed by atoms with Crippen molar-refractivity contribution < 1.29 is 9.53 Å². The summed E-state index contributed by atoms with van der Waals surface area (Å²) in [4.78, 5) is 11.1. The first-order valence-electron chi connectivity index (χ1n) is 4.68. The van der Waals surface area contributed by atoms with Gasteiger partial charge in [-0.25, -0.2) is 4.79 Å². The van der Waals surface area contributed by atoms with Crippen LogP contribution in [0.25, 0.3) is 0 Å². The van der Waals surface area contributed by atoms with Gasteiger partial charge in [-0.3, -0.25) is 0 Å². The summed E-state index contributed by atoms with van der Waals surface area (Å²) < 4.78 is 5.30. The maximum Gasteiger partial charge on any atom is 0.408 e. The van der Waals surface area contributed by atoms with Crippen LogP contribution in [0.5, 0.6) is 0 Å². The van der Waals surface area contributed by atoms with Gasteiger partial charge in [-0.15, -0.1) is 0 Å². The fraction of sp³-hybridized carbons (Fsp3) is 0.364. The number of benzene rings is 1. The minimum atomic E-state index is -0.543. The molecule has 1 amide bonds. The largest absolute Gasteiger partial charge is 0.436 e. The zero-order valence-electron chi connectivity index (χ0n) is 8.28. The number of carbonyl (C=O) groups excluding carboxylic acids is 1. The van der Waals surface area contributed by atoms with Crippen LogP contribution in [-0.4, -0.2) is 12.1 Å². The Morgan fingerprint density at radius 1 is 1.36 bits per heavy atom. The lowest BCUT2D eigenvalue weighted by Gasteiger charge is -2.26. The van der Waals surface area contributed by atoms with Crippen LogP contribution < -0.4 is 5.32 Å². The number of amides is 1. The normalized spacial score (nSPS) is 31.0. The van der Waals surface area contributed by atoms with Crippen LogP contribution in [0.3, 0.4) is 0 Å². The van der Waals surface area contributed by atoms with Gasteiger partial charge < -0.3 is 10.1 Å². The third-order valence-corrected chi connectivity index (χ3v) is 2.81. The Balaban J connectivity index is 2.38. The topological polar surface area (TPSA) is 38.3 Å². The molecule has 0 aliphatic carbocycles. The number of nitrogens with one attached hydrogen (secondary N) is 1. The number of hydrogen-bond donors (Lipinski definition) is 1. The number of cyclic esters (lactones) is 1. The third kappa shape index (κ3) is 1.25. The van der Waals surface area contributed by atoms with Crippen molar-refractivity contribution in [1.82, 2.24) is 5.32 Å². The first kappa shape index (κ1) is 9.06. The van der Waals surface area contributed by atoms with Crippen LogP contribution in [0.4, 0.5) is 4.79 Å².